The van der Waals surface area contributed by atoms with Gasteiger partial charge < -0.3 is 0 Å². The minimum atomic E-state index is 1.15. The number of hydrogen-bond donors (Lipinski definition) is 0. The lowest BCUT2D eigenvalue weighted by molar-refractivity contribution is 0.959. The van der Waals surface area contributed by atoms with Crippen LogP contribution in [-0.2, 0) is 0 Å². The van der Waals surface area contributed by atoms with E-state index in [1.165, 1.54) is 12.5 Å². The molecule has 0 nitrogen and oxygen atoms in total. The zero-order valence-corrected chi connectivity index (χ0v) is 8.19. The largest absolute Gasteiger partial charge is 0.0845 e. The van der Waals surface area contributed by atoms with Crippen LogP contribution < -0.4 is 0 Å². The third-order valence-corrected chi connectivity index (χ3v) is 1.37. The van der Waals surface area contributed by atoms with E-state index in [1.807, 2.05) is 30.4 Å². The van der Waals surface area contributed by atoms with Gasteiger partial charge in [-0.25, -0.2) is 0 Å². The smallest absolute Gasteiger partial charge is 0.0350 e. The second-order valence-corrected chi connectivity index (χ2v) is 2.56. The van der Waals surface area contributed by atoms with Gasteiger partial charge in [-0.3, -0.25) is 0 Å². The summed E-state index contributed by atoms with van der Waals surface area (Å²) in [6, 6.07) is 0. The Morgan fingerprint density at radius 3 is 1.92 bits per heavy atom. The van der Waals surface area contributed by atoms with Crippen LogP contribution in [-0.4, -0.2) is 0 Å². The van der Waals surface area contributed by atoms with Crippen LogP contribution >= 0.6 is 0 Å². The molecule has 0 aliphatic rings. The van der Waals surface area contributed by atoms with E-state index in [9.17, 15) is 0 Å². The molecular weight excluding hydrogens is 156 g/mol. The molecule has 0 aromatic carbocycles. The van der Waals surface area contributed by atoms with E-state index < -0.39 is 0 Å². The molecule has 0 amide bonds. The van der Waals surface area contributed by atoms with E-state index in [4.69, 9.17) is 6.58 Å². The average Bonchev–Trinajstić information content (AvgIpc) is 2.16. The first-order valence-electron chi connectivity index (χ1n) is 4.62. The maximum Gasteiger partial charge on any atom is -0.0350 e. The molecule has 0 saturated heterocycles. The van der Waals surface area contributed by atoms with E-state index in [2.05, 4.69) is 19.1 Å². The highest BCUT2D eigenvalue weighted by atomic mass is 13.7. The highest BCUT2D eigenvalue weighted by molar-refractivity contribution is 5.16. The molecule has 13 heavy (non-hydrogen) atoms. The van der Waals surface area contributed by atoms with Gasteiger partial charge in [0, 0.05) is 0 Å². The number of unbranched alkanes of at least 4 members (excludes halogenated alkanes) is 1. The second-order valence-electron chi connectivity index (χ2n) is 2.56. The lowest BCUT2D eigenvalue weighted by atomic mass is 10.3. The van der Waals surface area contributed by atoms with Crippen LogP contribution in [0, 0.1) is 6.58 Å². The van der Waals surface area contributed by atoms with Crippen LogP contribution in [0.25, 0.3) is 0 Å². The molecule has 0 aliphatic heterocycles. The standard InChI is InChI=1S/C13H17/c1-3-5-7-9-11-13-12-10-8-6-4-2/h1,3,5,7-13H,4,6H2,2H3. The first-order chi connectivity index (χ1) is 6.41. The lowest BCUT2D eigenvalue weighted by Gasteiger charge is -1.79. The Labute approximate surface area is 81.7 Å². The molecule has 0 heterocycles. The molecule has 0 aromatic rings. The second kappa shape index (κ2) is 10.7. The predicted molar refractivity (Wildman–Crippen MR) is 60.3 cm³/mol. The maximum atomic E-state index is 5.15. The molecule has 69 valence electrons. The van der Waals surface area contributed by atoms with Crippen molar-refractivity contribution in [3.8, 4) is 0 Å². The molecule has 0 N–H and O–H groups in total. The molecule has 0 spiro atoms. The highest BCUT2D eigenvalue weighted by Gasteiger charge is 1.68. The molecule has 1 radical (unpaired) electrons. The van der Waals surface area contributed by atoms with Crippen LogP contribution in [0.15, 0.2) is 54.7 Å². The summed E-state index contributed by atoms with van der Waals surface area (Å²) in [6.45, 7) is 7.32. The van der Waals surface area contributed by atoms with Crippen molar-refractivity contribution in [1.82, 2.24) is 0 Å². The Balaban J connectivity index is 3.56. The summed E-state index contributed by atoms with van der Waals surface area (Å²) in [5.74, 6) is 0. The third kappa shape index (κ3) is 10.7. The molecule has 0 bridgehead atoms. The summed E-state index contributed by atoms with van der Waals surface area (Å²) in [5, 5.41) is 0. The first kappa shape index (κ1) is 11.7. The maximum absolute atomic E-state index is 5.15. The van der Waals surface area contributed by atoms with E-state index in [1.54, 1.807) is 6.08 Å². The van der Waals surface area contributed by atoms with Crippen molar-refractivity contribution < 1.29 is 0 Å². The van der Waals surface area contributed by atoms with E-state index >= 15 is 0 Å². The predicted octanol–water partition coefficient (Wildman–Crippen LogP) is 4.00. The molecule has 0 aromatic heterocycles. The topological polar surface area (TPSA) is 0 Å². The minimum absolute atomic E-state index is 1.15. The fraction of sp³-hybridized carbons (Fsp3) is 0.231. The third-order valence-electron chi connectivity index (χ3n) is 1.37. The monoisotopic (exact) mass is 173 g/mol. The van der Waals surface area contributed by atoms with Gasteiger partial charge in [0.05, 0.1) is 0 Å². The lowest BCUT2D eigenvalue weighted by Crippen LogP contribution is -1.58. The number of allylic oxidation sites excluding steroid dienone is 9. The average molecular weight is 173 g/mol. The molecule has 0 heteroatoms. The fourth-order valence-corrected chi connectivity index (χ4v) is 0.726. The molecule has 0 rings (SSSR count). The summed E-state index contributed by atoms with van der Waals surface area (Å²) < 4.78 is 0. The van der Waals surface area contributed by atoms with Gasteiger partial charge in [-0.2, -0.15) is 0 Å². The van der Waals surface area contributed by atoms with Crippen LogP contribution in [0.5, 0.6) is 0 Å². The van der Waals surface area contributed by atoms with Crippen LogP contribution in [0.2, 0.25) is 0 Å². The van der Waals surface area contributed by atoms with Gasteiger partial charge >= 0.3 is 0 Å². The van der Waals surface area contributed by atoms with Gasteiger partial charge in [0.15, 0.2) is 0 Å². The number of hydrogen-bond acceptors (Lipinski definition) is 0. The van der Waals surface area contributed by atoms with Gasteiger partial charge in [-0.1, -0.05) is 74.6 Å². The Kier molecular flexibility index (Phi) is 9.63. The molecule has 0 aliphatic carbocycles. The minimum Gasteiger partial charge on any atom is -0.0845 e. The van der Waals surface area contributed by atoms with Gasteiger partial charge in [0.1, 0.15) is 0 Å². The van der Waals surface area contributed by atoms with Crippen molar-refractivity contribution >= 4 is 0 Å². The Morgan fingerprint density at radius 1 is 0.846 bits per heavy atom. The summed E-state index contributed by atoms with van der Waals surface area (Å²) in [4.78, 5) is 0. The van der Waals surface area contributed by atoms with E-state index in [0.717, 1.165) is 6.42 Å². The summed E-state index contributed by atoms with van der Waals surface area (Å²) in [5.41, 5.74) is 0. The zero-order valence-electron chi connectivity index (χ0n) is 8.19. The van der Waals surface area contributed by atoms with Crippen molar-refractivity contribution in [1.29, 1.82) is 0 Å². The van der Waals surface area contributed by atoms with Crippen LogP contribution in [0.1, 0.15) is 19.8 Å². The van der Waals surface area contributed by atoms with Gasteiger partial charge in [-0.05, 0) is 6.42 Å². The summed E-state index contributed by atoms with van der Waals surface area (Å²) in [6.07, 6.45) is 19.7. The molecule has 0 fully saturated rings. The first-order valence-corrected chi connectivity index (χ1v) is 4.62. The summed E-state index contributed by atoms with van der Waals surface area (Å²) in [7, 11) is 0. The van der Waals surface area contributed by atoms with Crippen LogP contribution in [0.3, 0.4) is 0 Å². The zero-order chi connectivity index (χ0) is 9.78. The quantitative estimate of drug-likeness (QED) is 0.532. The Bertz CT molecular complexity index is 214. The Morgan fingerprint density at radius 2 is 1.38 bits per heavy atom. The van der Waals surface area contributed by atoms with Crippen LogP contribution in [0.4, 0.5) is 0 Å². The van der Waals surface area contributed by atoms with Gasteiger partial charge in [0.25, 0.3) is 0 Å². The van der Waals surface area contributed by atoms with Crippen molar-refractivity contribution in [3.05, 3.63) is 61.3 Å². The van der Waals surface area contributed by atoms with E-state index in [-0.39, 0.29) is 0 Å². The molecular formula is C13H17. The van der Waals surface area contributed by atoms with Crippen molar-refractivity contribution in [3.63, 3.8) is 0 Å². The molecule has 0 atom stereocenters. The molecule has 0 unspecified atom stereocenters. The van der Waals surface area contributed by atoms with Crippen molar-refractivity contribution in [2.75, 3.05) is 0 Å². The number of rotatable bonds is 6. The summed E-state index contributed by atoms with van der Waals surface area (Å²) >= 11 is 0. The van der Waals surface area contributed by atoms with E-state index in [0.29, 0.717) is 0 Å². The Hall–Kier alpha value is -1.30. The normalized spacial score (nSPS) is 12.7. The fourth-order valence-electron chi connectivity index (χ4n) is 0.726. The molecule has 0 saturated carbocycles. The van der Waals surface area contributed by atoms with Gasteiger partial charge in [-0.15, -0.1) is 0 Å². The SMILES string of the molecule is [CH]=CC=CC=CC=CC=CCCC. The van der Waals surface area contributed by atoms with Gasteiger partial charge in [0.2, 0.25) is 0 Å². The van der Waals surface area contributed by atoms with Crippen molar-refractivity contribution in [2.45, 2.75) is 19.8 Å². The highest BCUT2D eigenvalue weighted by Crippen LogP contribution is 1.89. The van der Waals surface area contributed by atoms with Crippen molar-refractivity contribution in [2.24, 2.45) is 0 Å².